The predicted molar refractivity (Wildman–Crippen MR) is 57.0 cm³/mol. The normalized spacial score (nSPS) is 10.6. The molecule has 0 aromatic carbocycles. The Hall–Kier alpha value is -0.800. The molecule has 4 heteroatoms. The summed E-state index contributed by atoms with van der Waals surface area (Å²) in [6, 6.07) is 3.79. The van der Waals surface area contributed by atoms with Gasteiger partial charge in [0.1, 0.15) is 0 Å². The fourth-order valence-corrected chi connectivity index (χ4v) is 1.79. The van der Waals surface area contributed by atoms with Crippen molar-refractivity contribution < 1.29 is 4.79 Å². The van der Waals surface area contributed by atoms with Crippen LogP contribution in [0.25, 0.3) is 6.08 Å². The van der Waals surface area contributed by atoms with Crippen molar-refractivity contribution in [3.8, 4) is 0 Å². The molecule has 0 saturated carbocycles. The molecule has 0 aliphatic carbocycles. The summed E-state index contributed by atoms with van der Waals surface area (Å²) in [5.74, 6) is -0.0196. The van der Waals surface area contributed by atoms with E-state index in [0.717, 1.165) is 9.21 Å². The Kier molecular flexibility index (Phi) is 3.99. The largest absolute Gasteiger partial charge is 0.353 e. The molecule has 1 N–H and O–H groups in total. The molecule has 1 amide bonds. The number of nitrogens with one attached hydrogen (secondary N) is 1. The summed E-state index contributed by atoms with van der Waals surface area (Å²) in [6.07, 6.45) is 3.83. The molecule has 1 aromatic rings. The molecule has 0 radical (unpaired) electrons. The molecule has 70 valence electrons. The van der Waals surface area contributed by atoms with Gasteiger partial charge in [0.2, 0.25) is 5.91 Å². The van der Waals surface area contributed by atoms with E-state index in [-0.39, 0.29) is 5.91 Å². The lowest BCUT2D eigenvalue weighted by Gasteiger charge is -1.93. The molecule has 0 aliphatic rings. The van der Waals surface area contributed by atoms with Gasteiger partial charge in [0.15, 0.2) is 0 Å². The lowest BCUT2D eigenvalue weighted by atomic mass is 10.4. The third-order valence-electron chi connectivity index (χ3n) is 1.34. The van der Waals surface area contributed by atoms with Gasteiger partial charge in [-0.15, -0.1) is 11.3 Å². The second-order valence-electron chi connectivity index (χ2n) is 2.48. The lowest BCUT2D eigenvalue weighted by molar-refractivity contribution is -0.118. The molecule has 0 spiro atoms. The van der Waals surface area contributed by atoms with E-state index >= 15 is 0 Å². The smallest absolute Gasteiger partial charge is 0.217 e. The van der Waals surface area contributed by atoms with Crippen LogP contribution in [-0.4, -0.2) is 12.5 Å². The minimum Gasteiger partial charge on any atom is -0.353 e. The second-order valence-corrected chi connectivity index (χ2v) is 4.23. The topological polar surface area (TPSA) is 29.1 Å². The van der Waals surface area contributed by atoms with Crippen molar-refractivity contribution in [2.75, 3.05) is 6.54 Å². The van der Waals surface area contributed by atoms with Gasteiger partial charge in [0.05, 0.1) is 4.34 Å². The minimum atomic E-state index is -0.0196. The maximum absolute atomic E-state index is 10.5. The van der Waals surface area contributed by atoms with Gasteiger partial charge in [0.25, 0.3) is 0 Å². The summed E-state index contributed by atoms with van der Waals surface area (Å²) in [5.41, 5.74) is 0. The van der Waals surface area contributed by atoms with Crippen LogP contribution in [0.15, 0.2) is 18.2 Å². The summed E-state index contributed by atoms with van der Waals surface area (Å²) in [5, 5.41) is 2.67. The van der Waals surface area contributed by atoms with Crippen LogP contribution in [0.4, 0.5) is 0 Å². The first-order valence-corrected chi connectivity index (χ1v) is 5.04. The molecular weight excluding hydrogens is 206 g/mol. The van der Waals surface area contributed by atoms with Gasteiger partial charge in [-0.3, -0.25) is 4.79 Å². The number of hydrogen-bond donors (Lipinski definition) is 1. The second kappa shape index (κ2) is 5.04. The molecular formula is C9H10ClNOS. The van der Waals surface area contributed by atoms with Crippen molar-refractivity contribution >= 4 is 34.9 Å². The molecule has 1 rings (SSSR count). The summed E-state index contributed by atoms with van der Waals surface area (Å²) < 4.78 is 0.777. The van der Waals surface area contributed by atoms with Crippen LogP contribution in [0.2, 0.25) is 4.34 Å². The summed E-state index contributed by atoms with van der Waals surface area (Å²) in [4.78, 5) is 11.6. The third-order valence-corrected chi connectivity index (χ3v) is 2.54. The van der Waals surface area contributed by atoms with Crippen molar-refractivity contribution in [2.24, 2.45) is 0 Å². The van der Waals surface area contributed by atoms with Gasteiger partial charge in [0, 0.05) is 18.3 Å². The Balaban J connectivity index is 2.36. The number of thiophene rings is 1. The van der Waals surface area contributed by atoms with E-state index in [1.807, 2.05) is 24.3 Å². The third kappa shape index (κ3) is 4.10. The Bertz CT molecular complexity index is 319. The SMILES string of the molecule is CC(=O)NCC=Cc1ccc(Cl)s1. The Morgan fingerprint density at radius 2 is 2.46 bits per heavy atom. The van der Waals surface area contributed by atoms with Crippen LogP contribution >= 0.6 is 22.9 Å². The van der Waals surface area contributed by atoms with Crippen molar-refractivity contribution in [3.05, 3.63) is 27.4 Å². The number of carbonyl (C=O) groups is 1. The molecule has 0 aliphatic heterocycles. The van der Waals surface area contributed by atoms with E-state index < -0.39 is 0 Å². The molecule has 0 atom stereocenters. The molecule has 2 nitrogen and oxygen atoms in total. The first-order valence-electron chi connectivity index (χ1n) is 3.85. The first-order chi connectivity index (χ1) is 6.18. The summed E-state index contributed by atoms with van der Waals surface area (Å²) in [6.45, 7) is 2.06. The monoisotopic (exact) mass is 215 g/mol. The fourth-order valence-electron chi connectivity index (χ4n) is 0.796. The highest BCUT2D eigenvalue weighted by Gasteiger charge is 1.92. The molecule has 1 aromatic heterocycles. The summed E-state index contributed by atoms with van der Waals surface area (Å²) >= 11 is 7.25. The number of hydrogen-bond acceptors (Lipinski definition) is 2. The van der Waals surface area contributed by atoms with E-state index in [2.05, 4.69) is 5.32 Å². The number of halogens is 1. The lowest BCUT2D eigenvalue weighted by Crippen LogP contribution is -2.19. The fraction of sp³-hybridized carbons (Fsp3) is 0.222. The number of amides is 1. The quantitative estimate of drug-likeness (QED) is 0.825. The molecule has 0 fully saturated rings. The van der Waals surface area contributed by atoms with Gasteiger partial charge in [-0.2, -0.15) is 0 Å². The molecule has 0 unspecified atom stereocenters. The summed E-state index contributed by atoms with van der Waals surface area (Å²) in [7, 11) is 0. The van der Waals surface area contributed by atoms with E-state index in [9.17, 15) is 4.79 Å². The Morgan fingerprint density at radius 3 is 3.00 bits per heavy atom. The van der Waals surface area contributed by atoms with Crippen molar-refractivity contribution in [1.29, 1.82) is 0 Å². The minimum absolute atomic E-state index is 0.0196. The number of rotatable bonds is 3. The average Bonchev–Trinajstić information content (AvgIpc) is 2.45. The van der Waals surface area contributed by atoms with E-state index in [1.54, 1.807) is 0 Å². The van der Waals surface area contributed by atoms with Crippen molar-refractivity contribution in [2.45, 2.75) is 6.92 Å². The van der Waals surface area contributed by atoms with E-state index in [0.29, 0.717) is 6.54 Å². The number of carbonyl (C=O) groups excluding carboxylic acids is 1. The van der Waals surface area contributed by atoms with Crippen molar-refractivity contribution in [3.63, 3.8) is 0 Å². The molecule has 1 heterocycles. The first kappa shape index (κ1) is 10.3. The highest BCUT2D eigenvalue weighted by Crippen LogP contribution is 2.22. The van der Waals surface area contributed by atoms with Gasteiger partial charge in [-0.25, -0.2) is 0 Å². The molecule has 13 heavy (non-hydrogen) atoms. The molecule has 0 bridgehead atoms. The van der Waals surface area contributed by atoms with Crippen LogP contribution in [0.5, 0.6) is 0 Å². The van der Waals surface area contributed by atoms with Crippen LogP contribution < -0.4 is 5.32 Å². The predicted octanol–water partition coefficient (Wildman–Crippen LogP) is 2.55. The maximum Gasteiger partial charge on any atom is 0.217 e. The van der Waals surface area contributed by atoms with Crippen LogP contribution in [-0.2, 0) is 4.79 Å². The average molecular weight is 216 g/mol. The van der Waals surface area contributed by atoms with Crippen LogP contribution in [0.3, 0.4) is 0 Å². The zero-order valence-corrected chi connectivity index (χ0v) is 8.78. The van der Waals surface area contributed by atoms with Gasteiger partial charge >= 0.3 is 0 Å². The van der Waals surface area contributed by atoms with Crippen LogP contribution in [0, 0.1) is 0 Å². The highest BCUT2D eigenvalue weighted by molar-refractivity contribution is 7.16. The standard InChI is InChI=1S/C9H10ClNOS/c1-7(12)11-6-2-3-8-4-5-9(10)13-8/h2-5H,6H2,1H3,(H,11,12). The van der Waals surface area contributed by atoms with Crippen LogP contribution in [0.1, 0.15) is 11.8 Å². The zero-order valence-electron chi connectivity index (χ0n) is 7.21. The highest BCUT2D eigenvalue weighted by atomic mass is 35.5. The van der Waals surface area contributed by atoms with Gasteiger partial charge in [-0.1, -0.05) is 17.7 Å². The molecule has 0 saturated heterocycles. The van der Waals surface area contributed by atoms with Gasteiger partial charge < -0.3 is 5.32 Å². The van der Waals surface area contributed by atoms with E-state index in [1.165, 1.54) is 18.3 Å². The van der Waals surface area contributed by atoms with Gasteiger partial charge in [-0.05, 0) is 18.2 Å². The van der Waals surface area contributed by atoms with Crippen molar-refractivity contribution in [1.82, 2.24) is 5.32 Å². The zero-order chi connectivity index (χ0) is 9.68. The maximum atomic E-state index is 10.5. The Morgan fingerprint density at radius 1 is 1.69 bits per heavy atom. The Labute approximate surface area is 86.2 Å². The van der Waals surface area contributed by atoms with E-state index in [4.69, 9.17) is 11.6 Å².